The van der Waals surface area contributed by atoms with Gasteiger partial charge in [0.25, 0.3) is 0 Å². The van der Waals surface area contributed by atoms with Gasteiger partial charge >= 0.3 is 0 Å². The van der Waals surface area contributed by atoms with Crippen molar-refractivity contribution in [1.82, 2.24) is 0 Å². The maximum Gasteiger partial charge on any atom is 0.124 e. The Balaban J connectivity index is 2.62. The average Bonchev–Trinajstić information content (AvgIpc) is 2.38. The summed E-state index contributed by atoms with van der Waals surface area (Å²) in [5.74, 6) is 0.679. The number of methoxy groups -OCH3 is 1. The Labute approximate surface area is 137 Å². The number of halogens is 3. The van der Waals surface area contributed by atoms with Gasteiger partial charge in [0.2, 0.25) is 0 Å². The largest absolute Gasteiger partial charge is 0.496 e. The van der Waals surface area contributed by atoms with Crippen molar-refractivity contribution in [1.29, 1.82) is 0 Å². The molecule has 2 nitrogen and oxygen atoms in total. The van der Waals surface area contributed by atoms with Crippen LogP contribution >= 0.6 is 39.1 Å². The van der Waals surface area contributed by atoms with Crippen molar-refractivity contribution in [2.45, 2.75) is 12.5 Å². The van der Waals surface area contributed by atoms with E-state index in [4.69, 9.17) is 33.7 Å². The zero-order valence-electron chi connectivity index (χ0n) is 11.1. The zero-order valence-corrected chi connectivity index (χ0v) is 14.2. The Kier molecular flexibility index (Phi) is 4.65. The lowest BCUT2D eigenvalue weighted by molar-refractivity contribution is 0.399. The summed E-state index contributed by atoms with van der Waals surface area (Å²) in [5, 5.41) is 1.19. The van der Waals surface area contributed by atoms with Crippen LogP contribution in [0.1, 0.15) is 18.1 Å². The molecular weight excluding hydrogens is 361 g/mol. The second-order valence-electron chi connectivity index (χ2n) is 4.67. The average molecular weight is 375 g/mol. The second kappa shape index (κ2) is 5.94. The van der Waals surface area contributed by atoms with Crippen molar-refractivity contribution in [3.05, 3.63) is 62.0 Å². The van der Waals surface area contributed by atoms with E-state index in [1.807, 2.05) is 25.1 Å². The molecule has 0 aliphatic heterocycles. The quantitative estimate of drug-likeness (QED) is 0.821. The van der Waals surface area contributed by atoms with E-state index < -0.39 is 5.54 Å². The summed E-state index contributed by atoms with van der Waals surface area (Å²) in [4.78, 5) is 0. The predicted molar refractivity (Wildman–Crippen MR) is 87.8 cm³/mol. The standard InChI is InChI=1S/C15H14BrCl2NO/c1-15(19,11-5-3-9(16)7-13(11)18)12-8-10(17)4-6-14(12)20-2/h3-8H,19H2,1-2H3. The van der Waals surface area contributed by atoms with Crippen LogP contribution in [0.2, 0.25) is 10.0 Å². The Morgan fingerprint density at radius 1 is 1.10 bits per heavy atom. The van der Waals surface area contributed by atoms with E-state index in [1.165, 1.54) is 0 Å². The molecule has 0 fully saturated rings. The highest BCUT2D eigenvalue weighted by molar-refractivity contribution is 9.10. The molecule has 0 aliphatic carbocycles. The third kappa shape index (κ3) is 2.96. The minimum absolute atomic E-state index is 0.589. The highest BCUT2D eigenvalue weighted by Gasteiger charge is 2.29. The highest BCUT2D eigenvalue weighted by Crippen LogP contribution is 2.38. The SMILES string of the molecule is COc1ccc(Cl)cc1C(C)(N)c1ccc(Br)cc1Cl. The molecule has 0 heterocycles. The maximum absolute atomic E-state index is 6.52. The summed E-state index contributed by atoms with van der Waals surface area (Å²) in [6.07, 6.45) is 0. The molecule has 2 aromatic carbocycles. The number of hydrogen-bond acceptors (Lipinski definition) is 2. The van der Waals surface area contributed by atoms with Crippen LogP contribution in [-0.4, -0.2) is 7.11 Å². The van der Waals surface area contributed by atoms with Gasteiger partial charge in [0.15, 0.2) is 0 Å². The minimum Gasteiger partial charge on any atom is -0.496 e. The first kappa shape index (κ1) is 15.6. The molecule has 0 bridgehead atoms. The van der Waals surface area contributed by atoms with E-state index in [2.05, 4.69) is 15.9 Å². The Morgan fingerprint density at radius 3 is 2.40 bits per heavy atom. The number of nitrogens with two attached hydrogens (primary N) is 1. The van der Waals surface area contributed by atoms with Crippen LogP contribution in [0.5, 0.6) is 5.75 Å². The summed E-state index contributed by atoms with van der Waals surface area (Å²) in [6, 6.07) is 11.0. The van der Waals surface area contributed by atoms with Gasteiger partial charge in [-0.15, -0.1) is 0 Å². The van der Waals surface area contributed by atoms with Gasteiger partial charge < -0.3 is 10.5 Å². The van der Waals surface area contributed by atoms with Crippen LogP contribution in [0.3, 0.4) is 0 Å². The minimum atomic E-state index is -0.811. The Morgan fingerprint density at radius 2 is 1.80 bits per heavy atom. The molecule has 2 rings (SSSR count). The van der Waals surface area contributed by atoms with E-state index in [0.717, 1.165) is 15.6 Å². The molecule has 5 heteroatoms. The van der Waals surface area contributed by atoms with Gasteiger partial charge in [0.1, 0.15) is 5.75 Å². The van der Waals surface area contributed by atoms with Gasteiger partial charge in [-0.05, 0) is 42.8 Å². The summed E-state index contributed by atoms with van der Waals surface area (Å²) in [5.41, 5.74) is 7.30. The second-order valence-corrected chi connectivity index (χ2v) is 6.43. The highest BCUT2D eigenvalue weighted by atomic mass is 79.9. The summed E-state index contributed by atoms with van der Waals surface area (Å²) in [6.45, 7) is 1.89. The van der Waals surface area contributed by atoms with Gasteiger partial charge in [-0.1, -0.05) is 45.2 Å². The van der Waals surface area contributed by atoms with Gasteiger partial charge in [-0.2, -0.15) is 0 Å². The van der Waals surface area contributed by atoms with Crippen LogP contribution in [0.25, 0.3) is 0 Å². The van der Waals surface area contributed by atoms with Crippen LogP contribution in [-0.2, 0) is 5.54 Å². The fourth-order valence-electron chi connectivity index (χ4n) is 2.14. The smallest absolute Gasteiger partial charge is 0.124 e. The van der Waals surface area contributed by atoms with Crippen LogP contribution in [0, 0.1) is 0 Å². The lowest BCUT2D eigenvalue weighted by Crippen LogP contribution is -2.35. The number of benzene rings is 2. The molecule has 106 valence electrons. The van der Waals surface area contributed by atoms with E-state index in [1.54, 1.807) is 25.3 Å². The molecule has 0 spiro atoms. The van der Waals surface area contributed by atoms with Gasteiger partial charge in [-0.3, -0.25) is 0 Å². The third-order valence-electron chi connectivity index (χ3n) is 3.21. The molecule has 2 N–H and O–H groups in total. The third-order valence-corrected chi connectivity index (χ3v) is 4.25. The van der Waals surface area contributed by atoms with E-state index >= 15 is 0 Å². The van der Waals surface area contributed by atoms with Crippen molar-refractivity contribution in [2.75, 3.05) is 7.11 Å². The topological polar surface area (TPSA) is 35.2 Å². The lowest BCUT2D eigenvalue weighted by atomic mass is 9.85. The fraction of sp³-hybridized carbons (Fsp3) is 0.200. The summed E-state index contributed by atoms with van der Waals surface area (Å²) < 4.78 is 6.28. The van der Waals surface area contributed by atoms with E-state index in [9.17, 15) is 0 Å². The van der Waals surface area contributed by atoms with Crippen LogP contribution < -0.4 is 10.5 Å². The van der Waals surface area contributed by atoms with Gasteiger partial charge in [-0.25, -0.2) is 0 Å². The van der Waals surface area contributed by atoms with E-state index in [0.29, 0.717) is 15.8 Å². The summed E-state index contributed by atoms with van der Waals surface area (Å²) in [7, 11) is 1.60. The molecule has 0 saturated heterocycles. The Hall–Kier alpha value is -0.740. The zero-order chi connectivity index (χ0) is 14.9. The van der Waals surface area contributed by atoms with Crippen molar-refractivity contribution >= 4 is 39.1 Å². The number of ether oxygens (including phenoxy) is 1. The first-order valence-electron chi connectivity index (χ1n) is 5.94. The monoisotopic (exact) mass is 373 g/mol. The molecule has 0 radical (unpaired) electrons. The molecule has 1 atom stereocenters. The normalized spacial score (nSPS) is 13.9. The van der Waals surface area contributed by atoms with Crippen molar-refractivity contribution in [3.63, 3.8) is 0 Å². The molecule has 0 saturated carbocycles. The fourth-order valence-corrected chi connectivity index (χ4v) is 3.18. The molecule has 2 aromatic rings. The first-order chi connectivity index (χ1) is 9.36. The maximum atomic E-state index is 6.52. The number of hydrogen-bond donors (Lipinski definition) is 1. The first-order valence-corrected chi connectivity index (χ1v) is 7.49. The molecule has 20 heavy (non-hydrogen) atoms. The van der Waals surface area contributed by atoms with Gasteiger partial charge in [0.05, 0.1) is 12.6 Å². The molecule has 0 aliphatic rings. The van der Waals surface area contributed by atoms with Crippen molar-refractivity contribution < 1.29 is 4.74 Å². The number of rotatable bonds is 3. The van der Waals surface area contributed by atoms with Crippen LogP contribution in [0.15, 0.2) is 40.9 Å². The van der Waals surface area contributed by atoms with Gasteiger partial charge in [0, 0.05) is 20.1 Å². The predicted octanol–water partition coefficient (Wildman–Crippen LogP) is 4.99. The molecular formula is C15H14BrCl2NO. The van der Waals surface area contributed by atoms with Crippen molar-refractivity contribution in [2.24, 2.45) is 5.73 Å². The van der Waals surface area contributed by atoms with Crippen LogP contribution in [0.4, 0.5) is 0 Å². The van der Waals surface area contributed by atoms with E-state index in [-0.39, 0.29) is 0 Å². The summed E-state index contributed by atoms with van der Waals surface area (Å²) >= 11 is 15.8. The molecule has 0 aromatic heterocycles. The molecule has 1 unspecified atom stereocenters. The molecule has 0 amide bonds. The van der Waals surface area contributed by atoms with Crippen molar-refractivity contribution in [3.8, 4) is 5.75 Å². The Bertz CT molecular complexity index is 644. The lowest BCUT2D eigenvalue weighted by Gasteiger charge is -2.29.